The van der Waals surface area contributed by atoms with Crippen molar-refractivity contribution in [3.05, 3.63) is 24.3 Å². The highest BCUT2D eigenvalue weighted by Gasteiger charge is 2.02. The highest BCUT2D eigenvalue weighted by atomic mass is 32.2. The molecule has 84 valence electrons. The maximum Gasteiger partial charge on any atom is 0.118 e. The summed E-state index contributed by atoms with van der Waals surface area (Å²) in [6.45, 7) is 0.600. The van der Waals surface area contributed by atoms with E-state index >= 15 is 0 Å². The minimum Gasteiger partial charge on any atom is -0.497 e. The zero-order valence-electron chi connectivity index (χ0n) is 9.10. The van der Waals surface area contributed by atoms with E-state index in [1.165, 1.54) is 4.90 Å². The smallest absolute Gasteiger partial charge is 0.118 e. The van der Waals surface area contributed by atoms with Crippen molar-refractivity contribution >= 4 is 11.8 Å². The van der Waals surface area contributed by atoms with Gasteiger partial charge in [0.25, 0.3) is 0 Å². The molecule has 0 heterocycles. The summed E-state index contributed by atoms with van der Waals surface area (Å²) >= 11 is 1.73. The Kier molecular flexibility index (Phi) is 5.53. The van der Waals surface area contributed by atoms with Crippen molar-refractivity contribution in [2.24, 2.45) is 5.73 Å². The largest absolute Gasteiger partial charge is 0.497 e. The number of methoxy groups -OCH3 is 2. The molecule has 3 nitrogen and oxygen atoms in total. The summed E-state index contributed by atoms with van der Waals surface area (Å²) in [5.41, 5.74) is 5.82. The molecule has 1 aromatic rings. The lowest BCUT2D eigenvalue weighted by molar-refractivity contribution is 0.186. The van der Waals surface area contributed by atoms with Crippen LogP contribution >= 0.6 is 11.8 Å². The van der Waals surface area contributed by atoms with Crippen LogP contribution in [-0.2, 0) is 4.74 Å². The fourth-order valence-electron chi connectivity index (χ4n) is 1.14. The van der Waals surface area contributed by atoms with E-state index in [-0.39, 0.29) is 6.04 Å². The molecule has 0 bridgehead atoms. The van der Waals surface area contributed by atoms with Gasteiger partial charge in [0, 0.05) is 23.8 Å². The van der Waals surface area contributed by atoms with Crippen molar-refractivity contribution in [3.8, 4) is 5.75 Å². The summed E-state index contributed by atoms with van der Waals surface area (Å²) in [4.78, 5) is 1.20. The molecule has 0 spiro atoms. The van der Waals surface area contributed by atoms with Crippen LogP contribution in [0.15, 0.2) is 29.2 Å². The maximum absolute atomic E-state index is 5.82. The molecule has 0 fully saturated rings. The normalized spacial score (nSPS) is 12.5. The Morgan fingerprint density at radius 1 is 1.27 bits per heavy atom. The number of hydrogen-bond donors (Lipinski definition) is 1. The fraction of sp³-hybridized carbons (Fsp3) is 0.455. The lowest BCUT2D eigenvalue weighted by Crippen LogP contribution is -2.27. The van der Waals surface area contributed by atoms with Gasteiger partial charge in [-0.15, -0.1) is 11.8 Å². The van der Waals surface area contributed by atoms with Gasteiger partial charge >= 0.3 is 0 Å². The maximum atomic E-state index is 5.82. The van der Waals surface area contributed by atoms with Crippen molar-refractivity contribution in [2.75, 3.05) is 26.6 Å². The number of hydrogen-bond acceptors (Lipinski definition) is 4. The monoisotopic (exact) mass is 227 g/mol. The van der Waals surface area contributed by atoms with E-state index in [9.17, 15) is 0 Å². The highest BCUT2D eigenvalue weighted by Crippen LogP contribution is 2.21. The average Bonchev–Trinajstić information content (AvgIpc) is 2.27. The van der Waals surface area contributed by atoms with Gasteiger partial charge in [0.1, 0.15) is 5.75 Å². The molecule has 0 aliphatic rings. The third-order valence-electron chi connectivity index (χ3n) is 1.90. The lowest BCUT2D eigenvalue weighted by atomic mass is 10.3. The van der Waals surface area contributed by atoms with Crippen LogP contribution in [0.1, 0.15) is 0 Å². The van der Waals surface area contributed by atoms with Gasteiger partial charge in [-0.1, -0.05) is 0 Å². The number of ether oxygens (including phenoxy) is 2. The molecule has 1 rings (SSSR count). The number of rotatable bonds is 6. The van der Waals surface area contributed by atoms with E-state index in [2.05, 4.69) is 0 Å². The van der Waals surface area contributed by atoms with E-state index in [1.54, 1.807) is 26.0 Å². The predicted molar refractivity (Wildman–Crippen MR) is 63.6 cm³/mol. The third-order valence-corrected chi connectivity index (χ3v) is 3.10. The minimum absolute atomic E-state index is 0.0853. The Morgan fingerprint density at radius 2 is 1.93 bits per heavy atom. The number of nitrogens with two attached hydrogens (primary N) is 1. The molecule has 0 amide bonds. The van der Waals surface area contributed by atoms with Crippen molar-refractivity contribution in [3.63, 3.8) is 0 Å². The summed E-state index contributed by atoms with van der Waals surface area (Å²) in [5.74, 6) is 1.74. The summed E-state index contributed by atoms with van der Waals surface area (Å²) in [7, 11) is 3.33. The Labute approximate surface area is 94.9 Å². The highest BCUT2D eigenvalue weighted by molar-refractivity contribution is 7.99. The molecule has 1 unspecified atom stereocenters. The molecule has 0 aromatic heterocycles. The molecule has 0 aliphatic carbocycles. The standard InChI is InChI=1S/C11H17NO2S/c1-13-7-9(12)8-15-11-5-3-10(14-2)4-6-11/h3-6,9H,7-8,12H2,1-2H3. The fourth-order valence-corrected chi connectivity index (χ4v) is 1.97. The first kappa shape index (κ1) is 12.4. The Morgan fingerprint density at radius 3 is 2.47 bits per heavy atom. The molecule has 1 aromatic carbocycles. The van der Waals surface area contributed by atoms with Gasteiger partial charge in [0.15, 0.2) is 0 Å². The first-order valence-corrected chi connectivity index (χ1v) is 5.76. The van der Waals surface area contributed by atoms with Gasteiger partial charge < -0.3 is 15.2 Å². The van der Waals surface area contributed by atoms with Gasteiger partial charge in [-0.3, -0.25) is 0 Å². The zero-order valence-corrected chi connectivity index (χ0v) is 9.92. The Bertz CT molecular complexity index is 276. The first-order valence-electron chi connectivity index (χ1n) is 4.77. The second-order valence-electron chi connectivity index (χ2n) is 3.20. The number of benzene rings is 1. The molecule has 4 heteroatoms. The van der Waals surface area contributed by atoms with Crippen molar-refractivity contribution in [1.29, 1.82) is 0 Å². The van der Waals surface area contributed by atoms with Crippen molar-refractivity contribution in [1.82, 2.24) is 0 Å². The minimum atomic E-state index is 0.0853. The van der Waals surface area contributed by atoms with Crippen LogP contribution in [0, 0.1) is 0 Å². The van der Waals surface area contributed by atoms with Crippen LogP contribution in [0.2, 0.25) is 0 Å². The first-order chi connectivity index (χ1) is 7.26. The number of thioether (sulfide) groups is 1. The molecular weight excluding hydrogens is 210 g/mol. The summed E-state index contributed by atoms with van der Waals surface area (Å²) in [6.07, 6.45) is 0. The molecule has 2 N–H and O–H groups in total. The predicted octanol–water partition coefficient (Wildman–Crippen LogP) is 1.76. The van der Waals surface area contributed by atoms with Crippen LogP contribution in [0.4, 0.5) is 0 Å². The molecular formula is C11H17NO2S. The summed E-state index contributed by atoms with van der Waals surface area (Å²) < 4.78 is 10.0. The van der Waals surface area contributed by atoms with Crippen LogP contribution in [0.5, 0.6) is 5.75 Å². The van der Waals surface area contributed by atoms with Gasteiger partial charge in [0.05, 0.1) is 13.7 Å². The van der Waals surface area contributed by atoms with Crippen molar-refractivity contribution < 1.29 is 9.47 Å². The molecule has 1 atom stereocenters. The molecule has 0 aliphatic heterocycles. The topological polar surface area (TPSA) is 44.5 Å². The summed E-state index contributed by atoms with van der Waals surface area (Å²) in [6, 6.07) is 8.04. The Hall–Kier alpha value is -0.710. The van der Waals surface area contributed by atoms with Crippen molar-refractivity contribution in [2.45, 2.75) is 10.9 Å². The van der Waals surface area contributed by atoms with E-state index in [4.69, 9.17) is 15.2 Å². The van der Waals surface area contributed by atoms with Gasteiger partial charge in [-0.25, -0.2) is 0 Å². The van der Waals surface area contributed by atoms with Crippen LogP contribution in [0.3, 0.4) is 0 Å². The van der Waals surface area contributed by atoms with Gasteiger partial charge in [0.2, 0.25) is 0 Å². The van der Waals surface area contributed by atoms with Crippen LogP contribution < -0.4 is 10.5 Å². The summed E-state index contributed by atoms with van der Waals surface area (Å²) in [5, 5.41) is 0. The molecule has 0 saturated carbocycles. The van der Waals surface area contributed by atoms with Crippen LogP contribution in [0.25, 0.3) is 0 Å². The zero-order chi connectivity index (χ0) is 11.1. The molecule has 0 saturated heterocycles. The second kappa shape index (κ2) is 6.71. The SMILES string of the molecule is COCC(N)CSc1ccc(OC)cc1. The van der Waals surface area contributed by atoms with Gasteiger partial charge in [-0.2, -0.15) is 0 Å². The lowest BCUT2D eigenvalue weighted by Gasteiger charge is -2.09. The van der Waals surface area contributed by atoms with E-state index in [1.807, 2.05) is 24.3 Å². The third kappa shape index (κ3) is 4.55. The average molecular weight is 227 g/mol. The second-order valence-corrected chi connectivity index (χ2v) is 4.30. The quantitative estimate of drug-likeness (QED) is 0.752. The van der Waals surface area contributed by atoms with E-state index < -0.39 is 0 Å². The van der Waals surface area contributed by atoms with Crippen LogP contribution in [-0.4, -0.2) is 32.6 Å². The van der Waals surface area contributed by atoms with E-state index in [0.29, 0.717) is 6.61 Å². The molecule has 0 radical (unpaired) electrons. The van der Waals surface area contributed by atoms with Gasteiger partial charge in [-0.05, 0) is 24.3 Å². The Balaban J connectivity index is 2.37. The molecule has 15 heavy (non-hydrogen) atoms. The van der Waals surface area contributed by atoms with E-state index in [0.717, 1.165) is 11.5 Å².